The van der Waals surface area contributed by atoms with Crippen LogP contribution in [0.2, 0.25) is 0 Å². The van der Waals surface area contributed by atoms with Crippen LogP contribution in [0, 0.1) is 11.5 Å². The molecule has 0 saturated carbocycles. The average Bonchev–Trinajstić information content (AvgIpc) is 2.42. The predicted molar refractivity (Wildman–Crippen MR) is 67.6 cm³/mol. The smallest absolute Gasteiger partial charge is 0.207 e. The Morgan fingerprint density at radius 3 is 2.78 bits per heavy atom. The highest BCUT2D eigenvalue weighted by atomic mass is 16.5. The molecule has 1 saturated heterocycles. The van der Waals surface area contributed by atoms with Crippen molar-refractivity contribution in [2.24, 2.45) is 4.99 Å². The zero-order chi connectivity index (χ0) is 12.6. The minimum atomic E-state index is 0.571. The van der Waals surface area contributed by atoms with Gasteiger partial charge in [-0.25, -0.2) is 4.99 Å². The minimum absolute atomic E-state index is 0.571. The lowest BCUT2D eigenvalue weighted by Crippen LogP contribution is -2.48. The van der Waals surface area contributed by atoms with Gasteiger partial charge in [0.15, 0.2) is 6.19 Å². The standard InChI is InChI=1S/C11H20N6O/c12-8-13-11-14-9-17(10-15-11)3-1-2-16-4-6-18-7-5-16/h1-7,9-10H2,(H2,13,14,15). The van der Waals surface area contributed by atoms with Crippen LogP contribution in [0.3, 0.4) is 0 Å². The summed E-state index contributed by atoms with van der Waals surface area (Å²) in [4.78, 5) is 8.89. The molecule has 0 unspecified atom stereocenters. The summed E-state index contributed by atoms with van der Waals surface area (Å²) in [5, 5.41) is 14.0. The van der Waals surface area contributed by atoms with Crippen LogP contribution in [0.5, 0.6) is 0 Å². The Labute approximate surface area is 107 Å². The molecule has 2 heterocycles. The molecule has 0 aromatic carbocycles. The second-order valence-corrected chi connectivity index (χ2v) is 4.42. The molecule has 0 radical (unpaired) electrons. The topological polar surface area (TPSA) is 75.9 Å². The first kappa shape index (κ1) is 13.1. The van der Waals surface area contributed by atoms with Crippen LogP contribution < -0.4 is 10.6 Å². The highest BCUT2D eigenvalue weighted by molar-refractivity contribution is 5.81. The van der Waals surface area contributed by atoms with Crippen molar-refractivity contribution in [3.8, 4) is 6.19 Å². The van der Waals surface area contributed by atoms with Crippen LogP contribution in [0.25, 0.3) is 0 Å². The van der Waals surface area contributed by atoms with Gasteiger partial charge in [-0.1, -0.05) is 0 Å². The number of aliphatic imine (C=N–C) groups is 1. The van der Waals surface area contributed by atoms with Gasteiger partial charge >= 0.3 is 0 Å². The Morgan fingerprint density at radius 1 is 1.33 bits per heavy atom. The monoisotopic (exact) mass is 252 g/mol. The van der Waals surface area contributed by atoms with E-state index in [0.29, 0.717) is 12.6 Å². The normalized spacial score (nSPS) is 21.8. The molecule has 2 aliphatic rings. The van der Waals surface area contributed by atoms with E-state index in [1.54, 1.807) is 0 Å². The van der Waals surface area contributed by atoms with Gasteiger partial charge in [-0.05, 0) is 13.0 Å². The summed E-state index contributed by atoms with van der Waals surface area (Å²) < 4.78 is 5.32. The van der Waals surface area contributed by atoms with E-state index in [-0.39, 0.29) is 0 Å². The summed E-state index contributed by atoms with van der Waals surface area (Å²) in [5.41, 5.74) is 0. The molecule has 7 nitrogen and oxygen atoms in total. The van der Waals surface area contributed by atoms with E-state index in [2.05, 4.69) is 25.4 Å². The van der Waals surface area contributed by atoms with E-state index in [4.69, 9.17) is 10.00 Å². The molecule has 0 aliphatic carbocycles. The maximum Gasteiger partial charge on any atom is 0.207 e. The Hall–Kier alpha value is -1.36. The van der Waals surface area contributed by atoms with Gasteiger partial charge in [0.25, 0.3) is 0 Å². The molecular weight excluding hydrogens is 232 g/mol. The zero-order valence-corrected chi connectivity index (χ0v) is 10.6. The summed E-state index contributed by atoms with van der Waals surface area (Å²) in [6.07, 6.45) is 3.00. The van der Waals surface area contributed by atoms with Crippen LogP contribution in [0.1, 0.15) is 6.42 Å². The second kappa shape index (κ2) is 7.16. The van der Waals surface area contributed by atoms with Crippen molar-refractivity contribution < 1.29 is 4.74 Å². The van der Waals surface area contributed by atoms with Crippen LogP contribution in [-0.4, -0.2) is 68.5 Å². The van der Waals surface area contributed by atoms with E-state index in [1.807, 2.05) is 6.19 Å². The number of hydrogen-bond donors (Lipinski definition) is 2. The van der Waals surface area contributed by atoms with Crippen molar-refractivity contribution in [1.29, 1.82) is 5.26 Å². The molecule has 1 fully saturated rings. The quantitative estimate of drug-likeness (QED) is 0.491. The van der Waals surface area contributed by atoms with Crippen LogP contribution in [0.15, 0.2) is 4.99 Å². The van der Waals surface area contributed by atoms with Gasteiger partial charge in [0.05, 0.1) is 26.6 Å². The van der Waals surface area contributed by atoms with Crippen molar-refractivity contribution in [1.82, 2.24) is 20.4 Å². The van der Waals surface area contributed by atoms with Gasteiger partial charge in [0.2, 0.25) is 5.96 Å². The summed E-state index contributed by atoms with van der Waals surface area (Å²) in [5.74, 6) is 0.571. The maximum absolute atomic E-state index is 8.46. The van der Waals surface area contributed by atoms with Gasteiger partial charge in [0, 0.05) is 19.6 Å². The molecule has 2 N–H and O–H groups in total. The van der Waals surface area contributed by atoms with Crippen molar-refractivity contribution in [3.63, 3.8) is 0 Å². The van der Waals surface area contributed by atoms with Crippen LogP contribution in [-0.2, 0) is 4.74 Å². The highest BCUT2D eigenvalue weighted by Gasteiger charge is 2.13. The number of morpholine rings is 1. The molecule has 100 valence electrons. The van der Waals surface area contributed by atoms with Gasteiger partial charge in [-0.2, -0.15) is 5.26 Å². The molecular formula is C11H20N6O. The number of nitriles is 1. The Balaban J connectivity index is 1.59. The Kier molecular flexibility index (Phi) is 5.20. The fourth-order valence-corrected chi connectivity index (χ4v) is 2.09. The molecule has 0 aromatic rings. The summed E-state index contributed by atoms with van der Waals surface area (Å²) in [7, 11) is 0. The van der Waals surface area contributed by atoms with Crippen molar-refractivity contribution in [3.05, 3.63) is 0 Å². The van der Waals surface area contributed by atoms with Crippen LogP contribution in [0.4, 0.5) is 0 Å². The van der Waals surface area contributed by atoms with Gasteiger partial charge in [-0.3, -0.25) is 15.1 Å². The van der Waals surface area contributed by atoms with Gasteiger partial charge in [-0.15, -0.1) is 0 Å². The van der Waals surface area contributed by atoms with E-state index >= 15 is 0 Å². The zero-order valence-electron chi connectivity index (χ0n) is 10.6. The first-order chi connectivity index (χ1) is 8.88. The third-order valence-corrected chi connectivity index (χ3v) is 3.13. The van der Waals surface area contributed by atoms with Gasteiger partial charge in [0.1, 0.15) is 0 Å². The first-order valence-electron chi connectivity index (χ1n) is 6.34. The van der Waals surface area contributed by atoms with Crippen molar-refractivity contribution >= 4 is 5.96 Å². The van der Waals surface area contributed by atoms with E-state index in [0.717, 1.165) is 52.5 Å². The van der Waals surface area contributed by atoms with Gasteiger partial charge < -0.3 is 10.1 Å². The van der Waals surface area contributed by atoms with Crippen molar-refractivity contribution in [2.75, 3.05) is 52.7 Å². The summed E-state index contributed by atoms with van der Waals surface area (Å²) >= 11 is 0. The molecule has 2 aliphatic heterocycles. The fraction of sp³-hybridized carbons (Fsp3) is 0.818. The molecule has 0 bridgehead atoms. The summed E-state index contributed by atoms with van der Waals surface area (Å²) in [6.45, 7) is 7.36. The third kappa shape index (κ3) is 4.14. The van der Waals surface area contributed by atoms with E-state index in [1.165, 1.54) is 0 Å². The number of guanidine groups is 1. The molecule has 0 amide bonds. The van der Waals surface area contributed by atoms with Crippen molar-refractivity contribution in [2.45, 2.75) is 6.42 Å². The molecule has 18 heavy (non-hydrogen) atoms. The largest absolute Gasteiger partial charge is 0.379 e. The number of hydrogen-bond acceptors (Lipinski definition) is 7. The molecule has 0 spiro atoms. The number of ether oxygens (including phenoxy) is 1. The predicted octanol–water partition coefficient (Wildman–Crippen LogP) is -1.04. The fourth-order valence-electron chi connectivity index (χ4n) is 2.09. The maximum atomic E-state index is 8.46. The Morgan fingerprint density at radius 2 is 2.11 bits per heavy atom. The number of rotatable bonds is 4. The minimum Gasteiger partial charge on any atom is -0.379 e. The van der Waals surface area contributed by atoms with Crippen LogP contribution >= 0.6 is 0 Å². The molecule has 2 rings (SSSR count). The lowest BCUT2D eigenvalue weighted by atomic mass is 10.3. The summed E-state index contributed by atoms with van der Waals surface area (Å²) in [6, 6.07) is 0. The lowest BCUT2D eigenvalue weighted by Gasteiger charge is -2.29. The lowest BCUT2D eigenvalue weighted by molar-refractivity contribution is 0.0360. The third-order valence-electron chi connectivity index (χ3n) is 3.13. The number of nitrogens with one attached hydrogen (secondary N) is 2. The highest BCUT2D eigenvalue weighted by Crippen LogP contribution is 2.00. The SMILES string of the molecule is N#CNC1=NCN(CCCN2CCOCC2)CN1. The molecule has 0 aromatic heterocycles. The van der Waals surface area contributed by atoms with E-state index < -0.39 is 0 Å². The first-order valence-corrected chi connectivity index (χ1v) is 6.34. The number of nitrogens with zero attached hydrogens (tertiary/aromatic N) is 4. The average molecular weight is 252 g/mol. The Bertz CT molecular complexity index is 320. The van der Waals surface area contributed by atoms with E-state index in [9.17, 15) is 0 Å². The second-order valence-electron chi connectivity index (χ2n) is 4.42. The molecule has 7 heteroatoms. The molecule has 0 atom stereocenters.